The Kier molecular flexibility index (Phi) is 6.81. The zero-order valence-corrected chi connectivity index (χ0v) is 16.6. The van der Waals surface area contributed by atoms with Gasteiger partial charge in [-0.05, 0) is 25.0 Å². The molecule has 25 heavy (non-hydrogen) atoms. The molecule has 0 radical (unpaired) electrons. The van der Waals surface area contributed by atoms with Gasteiger partial charge in [-0.2, -0.15) is 0 Å². The van der Waals surface area contributed by atoms with Crippen molar-refractivity contribution >= 4 is 63.0 Å². The van der Waals surface area contributed by atoms with Crippen molar-refractivity contribution in [3.8, 4) is 0 Å². The molecule has 0 unspecified atom stereocenters. The number of para-hydroxylation sites is 1. The van der Waals surface area contributed by atoms with Gasteiger partial charge in [-0.25, -0.2) is 0 Å². The van der Waals surface area contributed by atoms with E-state index in [1.165, 1.54) is 55.2 Å². The summed E-state index contributed by atoms with van der Waals surface area (Å²) in [4.78, 5) is 12.1. The first-order chi connectivity index (χ1) is 12.1. The fourth-order valence-electron chi connectivity index (χ4n) is 2.67. The minimum atomic E-state index is -0.183. The smallest absolute Gasteiger partial charge is 0.234 e. The van der Waals surface area contributed by atoms with Gasteiger partial charge in [-0.3, -0.25) is 4.79 Å². The number of anilines is 2. The molecule has 1 amide bonds. The first kappa shape index (κ1) is 18.8. The maximum Gasteiger partial charge on any atom is 0.234 e. The van der Waals surface area contributed by atoms with Crippen LogP contribution < -0.4 is 10.6 Å². The molecule has 1 aromatic heterocycles. The third-order valence-electron chi connectivity index (χ3n) is 3.89. The van der Waals surface area contributed by atoms with E-state index in [9.17, 15) is 4.79 Å². The van der Waals surface area contributed by atoms with Crippen LogP contribution in [0.2, 0.25) is 10.0 Å². The Balaban J connectivity index is 1.49. The third kappa shape index (κ3) is 5.48. The normalized spacial score (nSPS) is 15.1. The monoisotopic (exact) mass is 416 g/mol. The highest BCUT2D eigenvalue weighted by atomic mass is 35.5. The summed E-state index contributed by atoms with van der Waals surface area (Å²) in [7, 11) is 0. The van der Waals surface area contributed by atoms with Crippen LogP contribution in [0.25, 0.3) is 0 Å². The van der Waals surface area contributed by atoms with Crippen LogP contribution in [0.15, 0.2) is 22.5 Å². The lowest BCUT2D eigenvalue weighted by Crippen LogP contribution is -2.21. The Bertz CT molecular complexity index is 714. The van der Waals surface area contributed by atoms with Crippen molar-refractivity contribution in [2.45, 2.75) is 42.5 Å². The maximum atomic E-state index is 12.1. The average molecular weight is 417 g/mol. The summed E-state index contributed by atoms with van der Waals surface area (Å²) >= 11 is 14.9. The lowest BCUT2D eigenvalue weighted by molar-refractivity contribution is -0.113. The van der Waals surface area contributed by atoms with Gasteiger partial charge < -0.3 is 10.6 Å². The van der Waals surface area contributed by atoms with E-state index in [1.54, 1.807) is 18.2 Å². The number of aromatic nitrogens is 2. The van der Waals surface area contributed by atoms with E-state index >= 15 is 0 Å². The minimum Gasteiger partial charge on any atom is -0.357 e. The summed E-state index contributed by atoms with van der Waals surface area (Å²) in [5, 5.41) is 16.1. The highest BCUT2D eigenvalue weighted by Crippen LogP contribution is 2.31. The second kappa shape index (κ2) is 9.07. The number of halogens is 2. The molecule has 0 aliphatic heterocycles. The van der Waals surface area contributed by atoms with Crippen LogP contribution in [0.4, 0.5) is 10.8 Å². The van der Waals surface area contributed by atoms with Crippen molar-refractivity contribution in [1.82, 2.24) is 10.2 Å². The van der Waals surface area contributed by atoms with E-state index in [1.807, 2.05) is 0 Å². The van der Waals surface area contributed by atoms with Gasteiger partial charge in [-0.15, -0.1) is 10.2 Å². The Morgan fingerprint density at radius 3 is 2.64 bits per heavy atom. The summed E-state index contributed by atoms with van der Waals surface area (Å²) in [6.07, 6.45) is 6.22. The molecule has 1 heterocycles. The number of carbonyl (C=O) groups excluding carboxylic acids is 1. The van der Waals surface area contributed by atoms with E-state index in [0.717, 1.165) is 9.47 Å². The third-order valence-corrected chi connectivity index (χ3v) is 6.51. The van der Waals surface area contributed by atoms with E-state index in [0.29, 0.717) is 21.8 Å². The molecule has 1 aromatic carbocycles. The summed E-state index contributed by atoms with van der Waals surface area (Å²) in [6, 6.07) is 5.59. The molecular formula is C16H18Cl2N4OS2. The molecule has 9 heteroatoms. The number of hydrogen-bond donors (Lipinski definition) is 2. The molecule has 1 aliphatic rings. The van der Waals surface area contributed by atoms with Crippen molar-refractivity contribution < 1.29 is 4.79 Å². The highest BCUT2D eigenvalue weighted by Gasteiger charge is 2.16. The molecular weight excluding hydrogens is 399 g/mol. The number of hydrogen-bond acceptors (Lipinski definition) is 6. The van der Waals surface area contributed by atoms with Crippen LogP contribution in [0, 0.1) is 0 Å². The van der Waals surface area contributed by atoms with Crippen LogP contribution in [-0.4, -0.2) is 27.9 Å². The topological polar surface area (TPSA) is 66.9 Å². The number of nitrogens with one attached hydrogen (secondary N) is 2. The number of thioether (sulfide) groups is 1. The summed E-state index contributed by atoms with van der Waals surface area (Å²) < 4.78 is 0.763. The molecule has 0 atom stereocenters. The van der Waals surface area contributed by atoms with Gasteiger partial charge in [0.15, 0.2) is 4.34 Å². The van der Waals surface area contributed by atoms with E-state index < -0.39 is 0 Å². The van der Waals surface area contributed by atoms with Crippen LogP contribution in [0.5, 0.6) is 0 Å². The SMILES string of the molecule is O=C(CSc1nnc(NC2CCCCC2)s1)Nc1c(Cl)cccc1Cl. The second-order valence-corrected chi connectivity index (χ2v) is 8.80. The Labute approximate surface area is 164 Å². The first-order valence-corrected chi connectivity index (χ1v) is 10.6. The van der Waals surface area contributed by atoms with Crippen molar-refractivity contribution in [3.63, 3.8) is 0 Å². The molecule has 0 saturated heterocycles. The van der Waals surface area contributed by atoms with Gasteiger partial charge in [0, 0.05) is 6.04 Å². The molecule has 1 fully saturated rings. The minimum absolute atomic E-state index is 0.183. The molecule has 3 rings (SSSR count). The summed E-state index contributed by atoms with van der Waals surface area (Å²) in [5.74, 6) is 0.0385. The van der Waals surface area contributed by atoms with Gasteiger partial charge in [0.25, 0.3) is 0 Å². The molecule has 134 valence electrons. The maximum absolute atomic E-state index is 12.1. The number of amides is 1. The lowest BCUT2D eigenvalue weighted by atomic mass is 9.96. The molecule has 1 aliphatic carbocycles. The second-order valence-electron chi connectivity index (χ2n) is 5.79. The van der Waals surface area contributed by atoms with Crippen LogP contribution in [-0.2, 0) is 4.79 Å². The highest BCUT2D eigenvalue weighted by molar-refractivity contribution is 8.01. The number of benzene rings is 1. The first-order valence-electron chi connectivity index (χ1n) is 8.08. The number of rotatable bonds is 6. The van der Waals surface area contributed by atoms with E-state index in [-0.39, 0.29) is 11.7 Å². The van der Waals surface area contributed by atoms with Crippen LogP contribution in [0.1, 0.15) is 32.1 Å². The fraction of sp³-hybridized carbons (Fsp3) is 0.438. The summed E-state index contributed by atoms with van der Waals surface area (Å²) in [6.45, 7) is 0. The predicted octanol–water partition coefficient (Wildman–Crippen LogP) is 5.32. The lowest BCUT2D eigenvalue weighted by Gasteiger charge is -2.21. The van der Waals surface area contributed by atoms with Crippen molar-refractivity contribution in [2.75, 3.05) is 16.4 Å². The number of nitrogens with zero attached hydrogens (tertiary/aromatic N) is 2. The van der Waals surface area contributed by atoms with Crippen molar-refractivity contribution in [1.29, 1.82) is 0 Å². The van der Waals surface area contributed by atoms with E-state index in [4.69, 9.17) is 23.2 Å². The van der Waals surface area contributed by atoms with E-state index in [2.05, 4.69) is 20.8 Å². The zero-order valence-electron chi connectivity index (χ0n) is 13.4. The molecule has 0 spiro atoms. The van der Waals surface area contributed by atoms with Gasteiger partial charge in [0.2, 0.25) is 11.0 Å². The Morgan fingerprint density at radius 2 is 1.92 bits per heavy atom. The quantitative estimate of drug-likeness (QED) is 0.623. The molecule has 0 bridgehead atoms. The predicted molar refractivity (Wildman–Crippen MR) is 106 cm³/mol. The summed E-state index contributed by atoms with van der Waals surface area (Å²) in [5.41, 5.74) is 0.438. The van der Waals surface area contributed by atoms with Crippen molar-refractivity contribution in [3.05, 3.63) is 28.2 Å². The average Bonchev–Trinajstić information content (AvgIpc) is 3.05. The fourth-order valence-corrected chi connectivity index (χ4v) is 4.79. The van der Waals surface area contributed by atoms with Gasteiger partial charge in [-0.1, -0.05) is 71.6 Å². The largest absolute Gasteiger partial charge is 0.357 e. The van der Waals surface area contributed by atoms with Crippen LogP contribution in [0.3, 0.4) is 0 Å². The Morgan fingerprint density at radius 1 is 1.20 bits per heavy atom. The zero-order chi connectivity index (χ0) is 17.6. The standard InChI is InChI=1S/C16H18Cl2N4OS2/c17-11-7-4-8-12(18)14(11)20-13(23)9-24-16-22-21-15(25-16)19-10-5-2-1-3-6-10/h4,7-8,10H,1-3,5-6,9H2,(H,19,21)(H,20,23). The van der Waals surface area contributed by atoms with Gasteiger partial charge in [0.1, 0.15) is 0 Å². The Hall–Kier alpha value is -1.02. The van der Waals surface area contributed by atoms with Crippen molar-refractivity contribution in [2.24, 2.45) is 0 Å². The molecule has 5 nitrogen and oxygen atoms in total. The van der Waals surface area contributed by atoms with Gasteiger partial charge >= 0.3 is 0 Å². The molecule has 2 N–H and O–H groups in total. The molecule has 1 saturated carbocycles. The molecule has 2 aromatic rings. The van der Waals surface area contributed by atoms with Crippen LogP contribution >= 0.6 is 46.3 Å². The number of carbonyl (C=O) groups is 1. The van der Waals surface area contributed by atoms with Gasteiger partial charge in [0.05, 0.1) is 21.5 Å².